The highest BCUT2D eigenvalue weighted by atomic mass is 32.2. The molecular formula is C19H17N5OS2. The first-order chi connectivity index (χ1) is 13.2. The van der Waals surface area contributed by atoms with Crippen LogP contribution < -0.4 is 5.56 Å². The normalized spacial score (nSPS) is 14.1. The Morgan fingerprint density at radius 3 is 2.93 bits per heavy atom. The third kappa shape index (κ3) is 3.08. The zero-order valence-electron chi connectivity index (χ0n) is 14.7. The molecule has 1 fully saturated rings. The fourth-order valence-corrected chi connectivity index (χ4v) is 4.74. The number of aromatic nitrogens is 5. The van der Waals surface area contributed by atoms with Crippen molar-refractivity contribution in [2.24, 2.45) is 0 Å². The summed E-state index contributed by atoms with van der Waals surface area (Å²) in [5.74, 6) is 1.53. The van der Waals surface area contributed by atoms with Gasteiger partial charge in [-0.05, 0) is 42.8 Å². The lowest BCUT2D eigenvalue weighted by Crippen LogP contribution is -2.15. The second-order valence-electron chi connectivity index (χ2n) is 6.64. The maximum Gasteiger partial charge on any atom is 0.258 e. The predicted molar refractivity (Wildman–Crippen MR) is 107 cm³/mol. The fourth-order valence-electron chi connectivity index (χ4n) is 3.13. The zero-order chi connectivity index (χ0) is 18.4. The zero-order valence-corrected chi connectivity index (χ0v) is 16.3. The lowest BCUT2D eigenvalue weighted by molar-refractivity contribution is 0.670. The number of nitrogens with zero attached hydrogens (tertiary/aromatic N) is 5. The van der Waals surface area contributed by atoms with Gasteiger partial charge in [-0.2, -0.15) is 0 Å². The van der Waals surface area contributed by atoms with Crippen LogP contribution in [0.5, 0.6) is 0 Å². The molecule has 8 heteroatoms. The Hall–Kier alpha value is -2.45. The van der Waals surface area contributed by atoms with Crippen molar-refractivity contribution in [1.29, 1.82) is 0 Å². The molecule has 0 saturated heterocycles. The molecule has 1 saturated carbocycles. The SMILES string of the molecule is Cc1cccn2c(=O)cc(CSc3nnc(-c4cccs4)n3C3CC3)nc12. The van der Waals surface area contributed by atoms with Crippen LogP contribution in [0.2, 0.25) is 0 Å². The Morgan fingerprint density at radius 1 is 1.26 bits per heavy atom. The molecule has 4 heterocycles. The van der Waals surface area contributed by atoms with Crippen LogP contribution in [0.25, 0.3) is 16.3 Å². The first-order valence-corrected chi connectivity index (χ1v) is 10.7. The third-order valence-electron chi connectivity index (χ3n) is 4.61. The van der Waals surface area contributed by atoms with Crippen LogP contribution in [-0.4, -0.2) is 24.1 Å². The van der Waals surface area contributed by atoms with E-state index in [0.29, 0.717) is 17.4 Å². The number of aryl methyl sites for hydroxylation is 1. The first kappa shape index (κ1) is 16.7. The maximum absolute atomic E-state index is 12.4. The van der Waals surface area contributed by atoms with Gasteiger partial charge in [0, 0.05) is 24.1 Å². The summed E-state index contributed by atoms with van der Waals surface area (Å²) < 4.78 is 3.83. The number of thioether (sulfide) groups is 1. The van der Waals surface area contributed by atoms with E-state index in [9.17, 15) is 4.79 Å². The number of pyridine rings is 1. The summed E-state index contributed by atoms with van der Waals surface area (Å²) in [6.07, 6.45) is 4.09. The molecule has 1 aliphatic rings. The van der Waals surface area contributed by atoms with E-state index in [1.54, 1.807) is 39.8 Å². The molecule has 4 aromatic heterocycles. The van der Waals surface area contributed by atoms with Crippen LogP contribution in [0.4, 0.5) is 0 Å². The predicted octanol–water partition coefficient (Wildman–Crippen LogP) is 3.95. The van der Waals surface area contributed by atoms with Gasteiger partial charge in [0.05, 0.1) is 10.6 Å². The van der Waals surface area contributed by atoms with Gasteiger partial charge >= 0.3 is 0 Å². The molecule has 136 valence electrons. The maximum atomic E-state index is 12.4. The van der Waals surface area contributed by atoms with Gasteiger partial charge in [-0.15, -0.1) is 21.5 Å². The molecule has 0 N–H and O–H groups in total. The molecule has 0 unspecified atom stereocenters. The monoisotopic (exact) mass is 395 g/mol. The summed E-state index contributed by atoms with van der Waals surface area (Å²) in [6.45, 7) is 1.97. The van der Waals surface area contributed by atoms with Crippen molar-refractivity contribution in [3.63, 3.8) is 0 Å². The van der Waals surface area contributed by atoms with Crippen molar-refractivity contribution >= 4 is 28.7 Å². The smallest absolute Gasteiger partial charge is 0.258 e. The Kier molecular flexibility index (Phi) is 4.09. The van der Waals surface area contributed by atoms with Gasteiger partial charge in [-0.3, -0.25) is 13.8 Å². The number of thiophene rings is 1. The molecular weight excluding hydrogens is 378 g/mol. The van der Waals surface area contributed by atoms with Gasteiger partial charge in [0.2, 0.25) is 0 Å². The lowest BCUT2D eigenvalue weighted by Gasteiger charge is -2.08. The average Bonchev–Trinajstić information content (AvgIpc) is 3.18. The molecule has 0 atom stereocenters. The van der Waals surface area contributed by atoms with Crippen LogP contribution in [0, 0.1) is 6.92 Å². The van der Waals surface area contributed by atoms with E-state index in [1.807, 2.05) is 25.1 Å². The van der Waals surface area contributed by atoms with E-state index >= 15 is 0 Å². The van der Waals surface area contributed by atoms with Gasteiger partial charge in [0.25, 0.3) is 5.56 Å². The molecule has 6 nitrogen and oxygen atoms in total. The highest BCUT2D eigenvalue weighted by molar-refractivity contribution is 7.98. The molecule has 4 aromatic rings. The van der Waals surface area contributed by atoms with E-state index < -0.39 is 0 Å². The first-order valence-electron chi connectivity index (χ1n) is 8.80. The van der Waals surface area contributed by atoms with Crippen molar-refractivity contribution < 1.29 is 0 Å². The molecule has 5 rings (SSSR count). The molecule has 0 amide bonds. The molecule has 0 aromatic carbocycles. The lowest BCUT2D eigenvalue weighted by atomic mass is 10.3. The minimum Gasteiger partial charge on any atom is -0.298 e. The number of rotatable bonds is 5. The van der Waals surface area contributed by atoms with Crippen molar-refractivity contribution in [2.45, 2.75) is 36.7 Å². The van der Waals surface area contributed by atoms with Crippen molar-refractivity contribution in [1.82, 2.24) is 24.1 Å². The quantitative estimate of drug-likeness (QED) is 0.479. The minimum atomic E-state index is -0.0535. The van der Waals surface area contributed by atoms with Gasteiger partial charge < -0.3 is 0 Å². The van der Waals surface area contributed by atoms with Gasteiger partial charge in [0.15, 0.2) is 11.0 Å². The molecule has 1 aliphatic carbocycles. The van der Waals surface area contributed by atoms with Crippen LogP contribution in [-0.2, 0) is 5.75 Å². The Bertz CT molecular complexity index is 1170. The van der Waals surface area contributed by atoms with Gasteiger partial charge in [0.1, 0.15) is 5.65 Å². The Balaban J connectivity index is 1.46. The number of hydrogen-bond donors (Lipinski definition) is 0. The Labute approximate surface area is 163 Å². The number of hydrogen-bond acceptors (Lipinski definition) is 6. The summed E-state index contributed by atoms with van der Waals surface area (Å²) in [4.78, 5) is 18.2. The van der Waals surface area contributed by atoms with Crippen molar-refractivity contribution in [3.05, 3.63) is 63.5 Å². The van der Waals surface area contributed by atoms with Crippen LogP contribution in [0.1, 0.15) is 30.1 Å². The third-order valence-corrected chi connectivity index (χ3v) is 6.45. The van der Waals surface area contributed by atoms with E-state index in [0.717, 1.165) is 27.1 Å². The largest absolute Gasteiger partial charge is 0.298 e. The highest BCUT2D eigenvalue weighted by Gasteiger charge is 2.30. The molecule has 0 spiro atoms. The molecule has 0 bridgehead atoms. The minimum absolute atomic E-state index is 0.0535. The summed E-state index contributed by atoms with van der Waals surface area (Å²) in [5.41, 5.74) is 2.41. The number of fused-ring (bicyclic) bond motifs is 1. The topological polar surface area (TPSA) is 65.1 Å². The van der Waals surface area contributed by atoms with Crippen LogP contribution in [0.3, 0.4) is 0 Å². The standard InChI is InChI=1S/C19H17N5OS2/c1-12-4-2-8-23-16(25)10-13(20-17(12)23)11-27-19-22-21-18(15-5-3-9-26-15)24(19)14-6-7-14/h2-5,8-10,14H,6-7,11H2,1H3. The van der Waals surface area contributed by atoms with E-state index in [1.165, 1.54) is 12.8 Å². The molecule has 0 radical (unpaired) electrons. The highest BCUT2D eigenvalue weighted by Crippen LogP contribution is 2.42. The average molecular weight is 396 g/mol. The second kappa shape index (κ2) is 6.61. The van der Waals surface area contributed by atoms with E-state index in [-0.39, 0.29) is 5.56 Å². The van der Waals surface area contributed by atoms with Crippen LogP contribution >= 0.6 is 23.1 Å². The van der Waals surface area contributed by atoms with E-state index in [4.69, 9.17) is 0 Å². The summed E-state index contributed by atoms with van der Waals surface area (Å²) in [6, 6.07) is 10.0. The van der Waals surface area contributed by atoms with Crippen LogP contribution in [0.15, 0.2) is 51.9 Å². The summed E-state index contributed by atoms with van der Waals surface area (Å²) in [7, 11) is 0. The summed E-state index contributed by atoms with van der Waals surface area (Å²) >= 11 is 3.27. The van der Waals surface area contributed by atoms with E-state index in [2.05, 4.69) is 31.2 Å². The second-order valence-corrected chi connectivity index (χ2v) is 8.53. The summed E-state index contributed by atoms with van der Waals surface area (Å²) in [5, 5.41) is 11.8. The fraction of sp³-hybridized carbons (Fsp3) is 0.263. The van der Waals surface area contributed by atoms with Crippen molar-refractivity contribution in [2.75, 3.05) is 0 Å². The van der Waals surface area contributed by atoms with Gasteiger partial charge in [-0.25, -0.2) is 4.98 Å². The molecule has 27 heavy (non-hydrogen) atoms. The Morgan fingerprint density at radius 2 is 2.15 bits per heavy atom. The molecule has 0 aliphatic heterocycles. The van der Waals surface area contributed by atoms with Crippen molar-refractivity contribution in [3.8, 4) is 10.7 Å². The van der Waals surface area contributed by atoms with Gasteiger partial charge in [-0.1, -0.05) is 23.9 Å².